The van der Waals surface area contributed by atoms with Crippen molar-refractivity contribution in [2.75, 3.05) is 19.7 Å². The second kappa shape index (κ2) is 9.58. The maximum Gasteiger partial charge on any atom is 0.246 e. The van der Waals surface area contributed by atoms with Crippen LogP contribution in [0.1, 0.15) is 23.4 Å². The predicted molar refractivity (Wildman–Crippen MR) is 110 cm³/mol. The molecular formula is C23H22N2O3. The summed E-state index contributed by atoms with van der Waals surface area (Å²) in [6, 6.07) is 15.4. The smallest absolute Gasteiger partial charge is 0.246 e. The van der Waals surface area contributed by atoms with Crippen molar-refractivity contribution in [1.29, 1.82) is 0 Å². The normalized spacial score (nSPS) is 14.5. The number of pyridine rings is 1. The molecule has 2 heterocycles. The molecule has 0 saturated carbocycles. The molecule has 0 atom stereocenters. The number of amides is 1. The van der Waals surface area contributed by atoms with Gasteiger partial charge >= 0.3 is 0 Å². The number of aliphatic hydroxyl groups excluding tert-OH is 1. The predicted octanol–water partition coefficient (Wildman–Crippen LogP) is 2.99. The molecule has 5 nitrogen and oxygen atoms in total. The van der Waals surface area contributed by atoms with Gasteiger partial charge in [-0.2, -0.15) is 0 Å². The van der Waals surface area contributed by atoms with Crippen LogP contribution in [-0.2, 0) is 9.59 Å². The lowest BCUT2D eigenvalue weighted by Crippen LogP contribution is -2.34. The van der Waals surface area contributed by atoms with Crippen LogP contribution in [0.2, 0.25) is 0 Å². The number of carbonyl (C=O) groups excluding carboxylic acids is 2. The zero-order valence-electron chi connectivity index (χ0n) is 15.5. The van der Waals surface area contributed by atoms with E-state index < -0.39 is 6.61 Å². The fourth-order valence-corrected chi connectivity index (χ4v) is 2.94. The third kappa shape index (κ3) is 5.34. The molecule has 0 radical (unpaired) electrons. The Labute approximate surface area is 164 Å². The second-order valence-corrected chi connectivity index (χ2v) is 6.42. The first-order valence-corrected chi connectivity index (χ1v) is 9.16. The Kier molecular flexibility index (Phi) is 6.65. The molecule has 1 aliphatic heterocycles. The number of aromatic nitrogens is 1. The van der Waals surface area contributed by atoms with Crippen LogP contribution in [0.3, 0.4) is 0 Å². The van der Waals surface area contributed by atoms with E-state index in [4.69, 9.17) is 5.11 Å². The molecule has 1 aliphatic rings. The van der Waals surface area contributed by atoms with Crippen molar-refractivity contribution in [1.82, 2.24) is 9.88 Å². The minimum Gasteiger partial charge on any atom is -0.388 e. The van der Waals surface area contributed by atoms with Gasteiger partial charge in [0.1, 0.15) is 6.61 Å². The molecule has 28 heavy (non-hydrogen) atoms. The standard InChI is InChI=1S/C23H22N2O3/c26-17-22(27)13-11-20-9-4-10-21(24-20)12-14-23(28)25-15-5-8-19(16-25)18-6-2-1-3-7-18/h1-4,6-14,26H,5,15-17H2/b13-11+,14-12+. The minimum absolute atomic E-state index is 0.0558. The van der Waals surface area contributed by atoms with Crippen LogP contribution in [0, 0.1) is 0 Å². The average molecular weight is 374 g/mol. The highest BCUT2D eigenvalue weighted by atomic mass is 16.3. The van der Waals surface area contributed by atoms with E-state index in [1.165, 1.54) is 12.2 Å². The summed E-state index contributed by atoms with van der Waals surface area (Å²) in [6.07, 6.45) is 9.05. The Balaban J connectivity index is 1.65. The molecule has 0 saturated heterocycles. The SMILES string of the molecule is O=C(/C=C/c1cccc(/C=C/C(=O)N2CCC=C(c3ccccc3)C2)n1)CO. The topological polar surface area (TPSA) is 70.5 Å². The van der Waals surface area contributed by atoms with E-state index in [-0.39, 0.29) is 11.7 Å². The number of nitrogens with zero attached hydrogens (tertiary/aromatic N) is 2. The van der Waals surface area contributed by atoms with Crippen molar-refractivity contribution in [2.45, 2.75) is 6.42 Å². The van der Waals surface area contributed by atoms with Gasteiger partial charge < -0.3 is 10.0 Å². The number of hydrogen-bond acceptors (Lipinski definition) is 4. The number of hydrogen-bond donors (Lipinski definition) is 1. The van der Waals surface area contributed by atoms with E-state index in [2.05, 4.69) is 23.2 Å². The molecule has 5 heteroatoms. The molecule has 0 unspecified atom stereocenters. The minimum atomic E-state index is -0.528. The van der Waals surface area contributed by atoms with Gasteiger partial charge in [-0.1, -0.05) is 42.5 Å². The molecule has 0 fully saturated rings. The largest absolute Gasteiger partial charge is 0.388 e. The number of aliphatic hydroxyl groups is 1. The molecule has 3 rings (SSSR count). The van der Waals surface area contributed by atoms with Gasteiger partial charge in [0.05, 0.1) is 11.4 Å². The Morgan fingerprint density at radius 3 is 2.43 bits per heavy atom. The second-order valence-electron chi connectivity index (χ2n) is 6.42. The zero-order chi connectivity index (χ0) is 19.8. The van der Waals surface area contributed by atoms with Crippen LogP contribution in [0.4, 0.5) is 0 Å². The number of carbonyl (C=O) groups is 2. The summed E-state index contributed by atoms with van der Waals surface area (Å²) >= 11 is 0. The van der Waals surface area contributed by atoms with Crippen molar-refractivity contribution in [3.63, 3.8) is 0 Å². The summed E-state index contributed by atoms with van der Waals surface area (Å²) in [7, 11) is 0. The summed E-state index contributed by atoms with van der Waals surface area (Å²) in [5, 5.41) is 8.75. The van der Waals surface area contributed by atoms with E-state index in [1.54, 1.807) is 30.4 Å². The molecule has 0 spiro atoms. The maximum absolute atomic E-state index is 12.6. The van der Waals surface area contributed by atoms with Gasteiger partial charge in [0, 0.05) is 19.2 Å². The summed E-state index contributed by atoms with van der Waals surface area (Å²) < 4.78 is 0. The zero-order valence-corrected chi connectivity index (χ0v) is 15.5. The molecule has 1 N–H and O–H groups in total. The van der Waals surface area contributed by atoms with E-state index in [9.17, 15) is 9.59 Å². The van der Waals surface area contributed by atoms with E-state index in [1.807, 2.05) is 23.1 Å². The fraction of sp³-hybridized carbons (Fsp3) is 0.174. The number of benzene rings is 1. The summed E-state index contributed by atoms with van der Waals surface area (Å²) in [4.78, 5) is 29.9. The third-order valence-corrected chi connectivity index (χ3v) is 4.39. The summed E-state index contributed by atoms with van der Waals surface area (Å²) in [5.41, 5.74) is 3.52. The van der Waals surface area contributed by atoms with Crippen molar-refractivity contribution in [3.8, 4) is 0 Å². The third-order valence-electron chi connectivity index (χ3n) is 4.39. The van der Waals surface area contributed by atoms with E-state index in [0.29, 0.717) is 24.5 Å². The lowest BCUT2D eigenvalue weighted by Gasteiger charge is -2.26. The molecule has 1 aromatic heterocycles. The van der Waals surface area contributed by atoms with Crippen molar-refractivity contribution in [3.05, 3.63) is 83.7 Å². The van der Waals surface area contributed by atoms with Gasteiger partial charge in [0.25, 0.3) is 0 Å². The average Bonchev–Trinajstić information content (AvgIpc) is 2.76. The number of ketones is 1. The monoisotopic (exact) mass is 374 g/mol. The van der Waals surface area contributed by atoms with Gasteiger partial charge in [0.2, 0.25) is 5.91 Å². The lowest BCUT2D eigenvalue weighted by molar-refractivity contribution is -0.125. The highest BCUT2D eigenvalue weighted by molar-refractivity contribution is 5.94. The molecule has 0 aliphatic carbocycles. The van der Waals surface area contributed by atoms with Crippen molar-refractivity contribution >= 4 is 29.4 Å². The Morgan fingerprint density at radius 2 is 1.71 bits per heavy atom. The molecule has 2 aromatic rings. The molecular weight excluding hydrogens is 352 g/mol. The highest BCUT2D eigenvalue weighted by Crippen LogP contribution is 2.20. The van der Waals surface area contributed by atoms with Crippen LogP contribution in [0.15, 0.2) is 66.8 Å². The Morgan fingerprint density at radius 1 is 1.00 bits per heavy atom. The molecule has 142 valence electrons. The first-order valence-electron chi connectivity index (χ1n) is 9.16. The van der Waals surface area contributed by atoms with Gasteiger partial charge in [-0.3, -0.25) is 9.59 Å². The fourth-order valence-electron chi connectivity index (χ4n) is 2.94. The van der Waals surface area contributed by atoms with Crippen LogP contribution < -0.4 is 0 Å². The van der Waals surface area contributed by atoms with E-state index in [0.717, 1.165) is 17.6 Å². The molecule has 0 bridgehead atoms. The molecule has 1 amide bonds. The first-order chi connectivity index (χ1) is 13.7. The van der Waals surface area contributed by atoms with E-state index >= 15 is 0 Å². The Hall–Kier alpha value is -3.31. The van der Waals surface area contributed by atoms with Crippen LogP contribution in [-0.4, -0.2) is 46.4 Å². The van der Waals surface area contributed by atoms with Crippen LogP contribution >= 0.6 is 0 Å². The van der Waals surface area contributed by atoms with Gasteiger partial charge in [-0.15, -0.1) is 0 Å². The van der Waals surface area contributed by atoms with Gasteiger partial charge in [-0.05, 0) is 47.9 Å². The highest BCUT2D eigenvalue weighted by Gasteiger charge is 2.17. The van der Waals surface area contributed by atoms with Crippen molar-refractivity contribution in [2.24, 2.45) is 0 Å². The van der Waals surface area contributed by atoms with Gasteiger partial charge in [0.15, 0.2) is 5.78 Å². The number of rotatable bonds is 6. The Bertz CT molecular complexity index is 930. The van der Waals surface area contributed by atoms with Gasteiger partial charge in [-0.25, -0.2) is 4.98 Å². The maximum atomic E-state index is 12.6. The van der Waals surface area contributed by atoms with Crippen molar-refractivity contribution < 1.29 is 14.7 Å². The summed E-state index contributed by atoms with van der Waals surface area (Å²) in [6.45, 7) is 0.755. The molecule has 1 aromatic carbocycles. The quantitative estimate of drug-likeness (QED) is 0.789. The summed E-state index contributed by atoms with van der Waals surface area (Å²) in [5.74, 6) is -0.440. The lowest BCUT2D eigenvalue weighted by atomic mass is 10.0. The first kappa shape index (κ1) is 19.5. The van der Waals surface area contributed by atoms with Crippen LogP contribution in [0.5, 0.6) is 0 Å². The van der Waals surface area contributed by atoms with Crippen LogP contribution in [0.25, 0.3) is 17.7 Å².